The third kappa shape index (κ3) is 6.94. The summed E-state index contributed by atoms with van der Waals surface area (Å²) in [5, 5.41) is 8.52. The molecular weight excluding hydrogens is 376 g/mol. The van der Waals surface area contributed by atoms with E-state index in [9.17, 15) is 9.59 Å². The molecule has 0 aliphatic heterocycles. The molecule has 6 nitrogen and oxygen atoms in total. The maximum absolute atomic E-state index is 12.1. The highest BCUT2D eigenvalue weighted by Crippen LogP contribution is 2.27. The first-order valence-electron chi connectivity index (χ1n) is 10.5. The third-order valence-corrected chi connectivity index (χ3v) is 5.81. The van der Waals surface area contributed by atoms with Gasteiger partial charge in [0.05, 0.1) is 11.4 Å². The molecule has 0 spiro atoms. The van der Waals surface area contributed by atoms with Crippen LogP contribution in [0.1, 0.15) is 66.2 Å². The van der Waals surface area contributed by atoms with E-state index in [2.05, 4.69) is 46.4 Å². The van der Waals surface area contributed by atoms with Crippen molar-refractivity contribution >= 4 is 23.2 Å². The van der Waals surface area contributed by atoms with E-state index in [1.165, 1.54) is 0 Å². The molecule has 0 radical (unpaired) electrons. The summed E-state index contributed by atoms with van der Waals surface area (Å²) in [5.41, 5.74) is 11.3. The molecular formula is C24H34N4O2. The number of nitrogens with zero attached hydrogens (tertiary/aromatic N) is 2. The van der Waals surface area contributed by atoms with Crippen LogP contribution < -0.4 is 10.9 Å². The average Bonchev–Trinajstić information content (AvgIpc) is 2.70. The van der Waals surface area contributed by atoms with Crippen molar-refractivity contribution < 1.29 is 9.59 Å². The van der Waals surface area contributed by atoms with Gasteiger partial charge in [0.15, 0.2) is 0 Å². The van der Waals surface area contributed by atoms with Gasteiger partial charge in [0.25, 0.3) is 0 Å². The van der Waals surface area contributed by atoms with Crippen LogP contribution in [0.15, 0.2) is 57.8 Å². The van der Waals surface area contributed by atoms with Gasteiger partial charge in [-0.1, -0.05) is 36.5 Å². The molecule has 0 heterocycles. The number of hydrazone groups is 2. The number of rotatable bonds is 7. The topological polar surface area (TPSA) is 82.9 Å². The summed E-state index contributed by atoms with van der Waals surface area (Å²) in [4.78, 5) is 24.2. The fourth-order valence-corrected chi connectivity index (χ4v) is 3.45. The molecule has 0 aromatic heterocycles. The molecule has 6 heteroatoms. The zero-order valence-electron chi connectivity index (χ0n) is 18.7. The number of allylic oxidation sites excluding steroid dienone is 6. The average molecular weight is 411 g/mol. The van der Waals surface area contributed by atoms with Crippen LogP contribution in [0, 0.1) is 11.8 Å². The Bertz CT molecular complexity index is 775. The number of carbonyl (C=O) groups excluding carboxylic acids is 2. The predicted octanol–water partition coefficient (Wildman–Crippen LogP) is 4.58. The number of hydrogen-bond donors (Lipinski definition) is 2. The summed E-state index contributed by atoms with van der Waals surface area (Å²) in [6.07, 6.45) is 7.83. The Morgan fingerprint density at radius 2 is 1.23 bits per heavy atom. The lowest BCUT2D eigenvalue weighted by molar-refractivity contribution is -0.126. The van der Waals surface area contributed by atoms with Crippen LogP contribution in [-0.2, 0) is 9.59 Å². The van der Waals surface area contributed by atoms with Crippen molar-refractivity contribution in [2.45, 2.75) is 66.2 Å². The molecule has 0 aromatic carbocycles. The maximum Gasteiger partial charge on any atom is 0.240 e. The fraction of sp³-hybridized carbons (Fsp3) is 0.500. The first-order valence-corrected chi connectivity index (χ1v) is 10.5. The number of nitrogens with one attached hydrogen (secondary N) is 2. The molecule has 0 aromatic rings. The summed E-state index contributed by atoms with van der Waals surface area (Å²) in [6, 6.07) is 0. The van der Waals surface area contributed by atoms with Gasteiger partial charge in [-0.25, -0.2) is 10.9 Å². The lowest BCUT2D eigenvalue weighted by atomic mass is 9.85. The lowest BCUT2D eigenvalue weighted by Gasteiger charge is -2.22. The minimum absolute atomic E-state index is 0.0589. The van der Waals surface area contributed by atoms with Crippen LogP contribution in [0.4, 0.5) is 0 Å². The standard InChI is InChI=1S/C24H34N4O2/c1-15(2)19-9-7-17(5)21(13-19)25-27-23(29)11-12-24(30)28-26-22-14-20(16(3)4)10-8-18(22)6/h7-8,19-20H,1,3,9-14H2,2,4-6H3,(H,27,29)(H,28,30)/b25-21-,26-22-. The van der Waals surface area contributed by atoms with E-state index >= 15 is 0 Å². The van der Waals surface area contributed by atoms with E-state index in [4.69, 9.17) is 0 Å². The van der Waals surface area contributed by atoms with Crippen molar-refractivity contribution in [2.75, 3.05) is 0 Å². The van der Waals surface area contributed by atoms with Crippen LogP contribution in [-0.4, -0.2) is 23.2 Å². The van der Waals surface area contributed by atoms with Gasteiger partial charge in [-0.15, -0.1) is 0 Å². The smallest absolute Gasteiger partial charge is 0.240 e. The molecule has 2 unspecified atom stereocenters. The van der Waals surface area contributed by atoms with Gasteiger partial charge >= 0.3 is 0 Å². The van der Waals surface area contributed by atoms with E-state index in [0.717, 1.165) is 59.4 Å². The summed E-state index contributed by atoms with van der Waals surface area (Å²) in [5.74, 6) is 0.144. The minimum Gasteiger partial charge on any atom is -0.273 e. The molecule has 2 rings (SSSR count). The lowest BCUT2D eigenvalue weighted by Crippen LogP contribution is -2.26. The predicted molar refractivity (Wildman–Crippen MR) is 123 cm³/mol. The summed E-state index contributed by atoms with van der Waals surface area (Å²) >= 11 is 0. The monoisotopic (exact) mass is 410 g/mol. The van der Waals surface area contributed by atoms with Gasteiger partial charge in [0.2, 0.25) is 11.8 Å². The van der Waals surface area contributed by atoms with Gasteiger partial charge < -0.3 is 0 Å². The molecule has 2 N–H and O–H groups in total. The van der Waals surface area contributed by atoms with Crippen LogP contribution in [0.25, 0.3) is 0 Å². The Kier molecular flexibility index (Phi) is 8.51. The van der Waals surface area contributed by atoms with Crippen molar-refractivity contribution in [1.82, 2.24) is 10.9 Å². The van der Waals surface area contributed by atoms with Gasteiger partial charge in [0.1, 0.15) is 0 Å². The van der Waals surface area contributed by atoms with Crippen LogP contribution in [0.3, 0.4) is 0 Å². The molecule has 0 fully saturated rings. The molecule has 0 saturated heterocycles. The zero-order valence-corrected chi connectivity index (χ0v) is 18.7. The highest BCUT2D eigenvalue weighted by molar-refractivity contribution is 6.02. The highest BCUT2D eigenvalue weighted by Gasteiger charge is 2.20. The van der Waals surface area contributed by atoms with Crippen molar-refractivity contribution in [3.8, 4) is 0 Å². The molecule has 0 bridgehead atoms. The second-order valence-corrected chi connectivity index (χ2v) is 8.43. The molecule has 30 heavy (non-hydrogen) atoms. The molecule has 2 amide bonds. The maximum atomic E-state index is 12.1. The second kappa shape index (κ2) is 10.9. The Morgan fingerprint density at radius 3 is 1.57 bits per heavy atom. The molecule has 2 aliphatic carbocycles. The Balaban J connectivity index is 1.81. The minimum atomic E-state index is -0.286. The third-order valence-electron chi connectivity index (χ3n) is 5.81. The van der Waals surface area contributed by atoms with Crippen LogP contribution in [0.5, 0.6) is 0 Å². The van der Waals surface area contributed by atoms with Crippen molar-refractivity contribution in [3.63, 3.8) is 0 Å². The van der Waals surface area contributed by atoms with E-state index in [1.54, 1.807) is 0 Å². The first-order chi connectivity index (χ1) is 14.2. The highest BCUT2D eigenvalue weighted by atomic mass is 16.2. The largest absolute Gasteiger partial charge is 0.273 e. The van der Waals surface area contributed by atoms with E-state index < -0.39 is 0 Å². The van der Waals surface area contributed by atoms with Crippen molar-refractivity contribution in [1.29, 1.82) is 0 Å². The summed E-state index contributed by atoms with van der Waals surface area (Å²) in [6.45, 7) is 16.0. The normalized spacial score (nSPS) is 24.1. The van der Waals surface area contributed by atoms with E-state index in [0.29, 0.717) is 11.8 Å². The molecule has 2 aliphatic rings. The van der Waals surface area contributed by atoms with Gasteiger partial charge in [-0.2, -0.15) is 10.2 Å². The quantitative estimate of drug-likeness (QED) is 0.476. The first kappa shape index (κ1) is 23.5. The van der Waals surface area contributed by atoms with Gasteiger partial charge in [0, 0.05) is 12.8 Å². The molecule has 162 valence electrons. The summed E-state index contributed by atoms with van der Waals surface area (Å²) < 4.78 is 0. The van der Waals surface area contributed by atoms with E-state index in [1.807, 2.05) is 27.7 Å². The number of amides is 2. The fourth-order valence-electron chi connectivity index (χ4n) is 3.45. The van der Waals surface area contributed by atoms with E-state index in [-0.39, 0.29) is 24.7 Å². The Labute approximate surface area is 180 Å². The van der Waals surface area contributed by atoms with Crippen LogP contribution in [0.2, 0.25) is 0 Å². The van der Waals surface area contributed by atoms with Crippen molar-refractivity contribution in [3.05, 3.63) is 47.6 Å². The Morgan fingerprint density at radius 1 is 0.867 bits per heavy atom. The van der Waals surface area contributed by atoms with Crippen molar-refractivity contribution in [2.24, 2.45) is 22.0 Å². The van der Waals surface area contributed by atoms with Crippen LogP contribution >= 0.6 is 0 Å². The second-order valence-electron chi connectivity index (χ2n) is 8.43. The molecule has 0 saturated carbocycles. The van der Waals surface area contributed by atoms with Gasteiger partial charge in [-0.05, 0) is 76.4 Å². The Hall–Kier alpha value is -2.76. The zero-order chi connectivity index (χ0) is 22.3. The number of carbonyl (C=O) groups is 2. The molecule has 2 atom stereocenters. The SMILES string of the molecule is C=C(C)C1CC=C(C)/C(=N\NC(=O)CCC(=O)N/N=C2/CC(C(=C)C)CC=C2C)C1. The number of hydrogen-bond acceptors (Lipinski definition) is 4. The summed E-state index contributed by atoms with van der Waals surface area (Å²) in [7, 11) is 0. The van der Waals surface area contributed by atoms with Gasteiger partial charge in [-0.3, -0.25) is 9.59 Å².